The molecule has 140 valence electrons. The van der Waals surface area contributed by atoms with Crippen molar-refractivity contribution in [1.82, 2.24) is 0 Å². The van der Waals surface area contributed by atoms with E-state index >= 15 is 0 Å². The average Bonchev–Trinajstić information content (AvgIpc) is 2.96. The molecule has 0 bridgehead atoms. The maximum Gasteiger partial charge on any atom is 0.346 e. The van der Waals surface area contributed by atoms with Gasteiger partial charge in [0.05, 0.1) is 22.3 Å². The summed E-state index contributed by atoms with van der Waals surface area (Å²) in [5.41, 5.74) is 2.55. The number of hydrogen-bond donors (Lipinski definition) is 0. The summed E-state index contributed by atoms with van der Waals surface area (Å²) in [6.07, 6.45) is 0.434. The molecule has 0 aromatic heterocycles. The Morgan fingerprint density at radius 3 is 1.26 bits per heavy atom. The molecule has 0 saturated carbocycles. The van der Waals surface area contributed by atoms with Crippen LogP contribution in [0.2, 0.25) is 0 Å². The first-order valence-corrected chi connectivity index (χ1v) is 6.82. The first kappa shape index (κ1) is 25.1. The van der Waals surface area contributed by atoms with E-state index in [1.165, 1.54) is 0 Å². The zero-order valence-corrected chi connectivity index (χ0v) is 20.3. The number of cyclic esters (lactones) is 4. The number of ether oxygens (including phenoxy) is 2. The van der Waals surface area contributed by atoms with E-state index in [0.717, 1.165) is 11.1 Å². The zero-order chi connectivity index (χ0) is 16.1. The molecule has 0 aliphatic carbocycles. The van der Waals surface area contributed by atoms with E-state index < -0.39 is 23.9 Å². The van der Waals surface area contributed by atoms with E-state index in [4.69, 9.17) is 0 Å². The summed E-state index contributed by atoms with van der Waals surface area (Å²) in [4.78, 5) is 46.0. The van der Waals surface area contributed by atoms with Crippen LogP contribution in [0.4, 0.5) is 0 Å². The first-order valence-electron chi connectivity index (χ1n) is 6.82. The van der Waals surface area contributed by atoms with E-state index in [2.05, 4.69) is 9.47 Å². The molecule has 0 radical (unpaired) electrons. The summed E-state index contributed by atoms with van der Waals surface area (Å²) >= 11 is 0. The molecule has 0 atom stereocenters. The molecular weight excluding hydrogens is 692 g/mol. The fraction of sp³-hybridized carbons (Fsp3) is 0.0526. The second-order valence-electron chi connectivity index (χ2n) is 5.29. The number of esters is 4. The van der Waals surface area contributed by atoms with Crippen molar-refractivity contribution in [2.75, 3.05) is 0 Å². The third kappa shape index (κ3) is 4.33. The largest absolute Gasteiger partial charge is 0.386 e. The van der Waals surface area contributed by atoms with Crippen LogP contribution in [-0.4, -0.2) is 23.9 Å². The van der Waals surface area contributed by atoms with E-state index in [0.29, 0.717) is 6.42 Å². The Balaban J connectivity index is 0.00000169. The molecule has 6 nitrogen and oxygen atoms in total. The van der Waals surface area contributed by atoms with Crippen LogP contribution < -0.4 is 0 Å². The third-order valence-electron chi connectivity index (χ3n) is 3.83. The number of fused-ring (bicyclic) bond motifs is 2. The Hall–Kier alpha value is -1.90. The quantitative estimate of drug-likeness (QED) is 0.272. The summed E-state index contributed by atoms with van der Waals surface area (Å²) in [5, 5.41) is 0. The van der Waals surface area contributed by atoms with Crippen molar-refractivity contribution < 1.29 is 70.8 Å². The van der Waals surface area contributed by atoms with Gasteiger partial charge in [-0.25, -0.2) is 19.2 Å². The van der Waals surface area contributed by atoms with Gasteiger partial charge in [-0.3, -0.25) is 0 Å². The van der Waals surface area contributed by atoms with E-state index in [1.807, 2.05) is 0 Å². The molecule has 0 unspecified atom stereocenters. The molecule has 0 amide bonds. The first-order chi connectivity index (χ1) is 11.0. The molecule has 8 heteroatoms. The Bertz CT molecular complexity index is 860. The summed E-state index contributed by atoms with van der Waals surface area (Å²) in [6, 6.07) is 9.72. The van der Waals surface area contributed by atoms with E-state index in [1.54, 1.807) is 36.4 Å². The minimum Gasteiger partial charge on any atom is -0.386 e. The minimum absolute atomic E-state index is 0. The Morgan fingerprint density at radius 1 is 0.556 bits per heavy atom. The predicted octanol–water partition coefficient (Wildman–Crippen LogP) is 2.79. The molecule has 0 N–H and O–H groups in total. The van der Waals surface area contributed by atoms with Crippen LogP contribution in [0.3, 0.4) is 0 Å². The summed E-state index contributed by atoms with van der Waals surface area (Å²) < 4.78 is 9.09. The molecule has 0 fully saturated rings. The monoisotopic (exact) mass is 706 g/mol. The van der Waals surface area contributed by atoms with Crippen LogP contribution in [0.15, 0.2) is 36.4 Å². The minimum atomic E-state index is -0.657. The standard InChI is InChI=1S/C17H8O6.2CH3.2W/c18-14-10-3-1-8(6-12(10)16(20)22-14)5-9-2-4-11-13(7-9)17(21)23-15(11)19;;;;/h1-4,6-7H,5H2;2*1H3;;/q;2*-1;;. The normalized spacial score (nSPS) is 13.0. The maximum absolute atomic E-state index is 11.6. The molecule has 2 aromatic rings. The maximum atomic E-state index is 11.6. The van der Waals surface area contributed by atoms with Gasteiger partial charge in [0.1, 0.15) is 0 Å². The second kappa shape index (κ2) is 9.34. The van der Waals surface area contributed by atoms with Gasteiger partial charge in [0.25, 0.3) is 0 Å². The van der Waals surface area contributed by atoms with Gasteiger partial charge in [0.15, 0.2) is 0 Å². The predicted molar refractivity (Wildman–Crippen MR) is 88.0 cm³/mol. The Labute approximate surface area is 185 Å². The summed E-state index contributed by atoms with van der Waals surface area (Å²) in [5.74, 6) is -2.60. The molecule has 2 aliphatic rings. The molecule has 2 aliphatic heterocycles. The molecule has 2 heterocycles. The van der Waals surface area contributed by atoms with Gasteiger partial charge in [-0.2, -0.15) is 0 Å². The van der Waals surface area contributed by atoms with Gasteiger partial charge in [0, 0.05) is 42.1 Å². The molecule has 2 aromatic carbocycles. The fourth-order valence-corrected chi connectivity index (χ4v) is 2.72. The zero-order valence-electron chi connectivity index (χ0n) is 14.4. The summed E-state index contributed by atoms with van der Waals surface area (Å²) in [7, 11) is 0. The Kier molecular flexibility index (Phi) is 8.68. The van der Waals surface area contributed by atoms with Crippen molar-refractivity contribution in [2.45, 2.75) is 6.42 Å². The van der Waals surface area contributed by atoms with Crippen LogP contribution in [0.5, 0.6) is 0 Å². The van der Waals surface area contributed by atoms with Gasteiger partial charge in [0.2, 0.25) is 0 Å². The van der Waals surface area contributed by atoms with Crippen LogP contribution >= 0.6 is 0 Å². The number of carbonyl (C=O) groups excluding carboxylic acids is 4. The van der Waals surface area contributed by atoms with Crippen LogP contribution in [0, 0.1) is 14.9 Å². The van der Waals surface area contributed by atoms with Gasteiger partial charge in [-0.1, -0.05) is 12.1 Å². The van der Waals surface area contributed by atoms with E-state index in [9.17, 15) is 19.2 Å². The fourth-order valence-electron chi connectivity index (χ4n) is 2.72. The second-order valence-corrected chi connectivity index (χ2v) is 5.29. The van der Waals surface area contributed by atoms with Gasteiger partial charge >= 0.3 is 23.9 Å². The topological polar surface area (TPSA) is 86.7 Å². The van der Waals surface area contributed by atoms with Gasteiger partial charge in [-0.05, 0) is 41.8 Å². The van der Waals surface area contributed by atoms with Gasteiger partial charge in [-0.15, -0.1) is 0 Å². The summed E-state index contributed by atoms with van der Waals surface area (Å²) in [6.45, 7) is 0. The van der Waals surface area contributed by atoms with Crippen LogP contribution in [-0.2, 0) is 58.0 Å². The molecule has 27 heavy (non-hydrogen) atoms. The van der Waals surface area contributed by atoms with Crippen molar-refractivity contribution in [3.05, 3.63) is 84.6 Å². The van der Waals surface area contributed by atoms with E-state index in [-0.39, 0.29) is 79.2 Å². The van der Waals surface area contributed by atoms with Crippen molar-refractivity contribution >= 4 is 23.9 Å². The van der Waals surface area contributed by atoms with Crippen molar-refractivity contribution in [3.8, 4) is 0 Å². The Morgan fingerprint density at radius 2 is 0.889 bits per heavy atom. The van der Waals surface area contributed by atoms with Crippen molar-refractivity contribution in [2.24, 2.45) is 0 Å². The molecule has 0 saturated heterocycles. The number of benzene rings is 2. The van der Waals surface area contributed by atoms with Crippen molar-refractivity contribution in [1.29, 1.82) is 0 Å². The average molecular weight is 706 g/mol. The van der Waals surface area contributed by atoms with Crippen molar-refractivity contribution in [3.63, 3.8) is 0 Å². The molecule has 4 rings (SSSR count). The smallest absolute Gasteiger partial charge is 0.346 e. The number of hydrogen-bond acceptors (Lipinski definition) is 6. The number of carbonyl (C=O) groups is 4. The number of rotatable bonds is 2. The molecule has 0 spiro atoms. The molecular formula is C19H14O6W2-2. The van der Waals surface area contributed by atoms with Crippen LogP contribution in [0.1, 0.15) is 52.6 Å². The van der Waals surface area contributed by atoms with Crippen LogP contribution in [0.25, 0.3) is 0 Å². The SMILES string of the molecule is O=C1OC(=O)c2cc(Cc3ccc4c(c3)C(=O)OC4=O)ccc21.[CH3-].[CH3-].[W].[W]. The van der Waals surface area contributed by atoms with Gasteiger partial charge < -0.3 is 24.3 Å². The third-order valence-corrected chi connectivity index (χ3v) is 3.83.